The fraction of sp³-hybridized carbons (Fsp3) is 0.269. The molecule has 4 aromatic rings. The van der Waals surface area contributed by atoms with Gasteiger partial charge in [-0.15, -0.1) is 5.10 Å². The highest BCUT2D eigenvalue weighted by Crippen LogP contribution is 2.37. The first-order valence-corrected chi connectivity index (χ1v) is 11.3. The Morgan fingerprint density at radius 3 is 2.22 bits per heavy atom. The van der Waals surface area contributed by atoms with Crippen molar-refractivity contribution in [2.24, 2.45) is 0 Å². The zero-order valence-electron chi connectivity index (χ0n) is 18.9. The Bertz CT molecular complexity index is 1200. The number of thiocarbonyl (C=S) groups is 1. The molecule has 0 atom stereocenters. The van der Waals surface area contributed by atoms with E-state index in [4.69, 9.17) is 17.0 Å². The molecule has 164 valence electrons. The van der Waals surface area contributed by atoms with Gasteiger partial charge in [0.15, 0.2) is 0 Å². The number of fused-ring (bicyclic) bond motifs is 1. The molecule has 3 aromatic carbocycles. The molecule has 0 aliphatic heterocycles. The average molecular weight is 445 g/mol. The van der Waals surface area contributed by atoms with Crippen molar-refractivity contribution >= 4 is 28.2 Å². The highest BCUT2D eigenvalue weighted by molar-refractivity contribution is 7.80. The minimum Gasteiger partial charge on any atom is -0.457 e. The topological polar surface area (TPSA) is 52.0 Å². The number of para-hydroxylation sites is 2. The van der Waals surface area contributed by atoms with Gasteiger partial charge < -0.3 is 10.1 Å². The lowest BCUT2D eigenvalue weighted by molar-refractivity contribution is 0.463. The number of nitrogens with one attached hydrogen (secondary N) is 1. The van der Waals surface area contributed by atoms with Crippen LogP contribution in [0.1, 0.15) is 56.2 Å². The summed E-state index contributed by atoms with van der Waals surface area (Å²) < 4.78 is 8.18. The van der Waals surface area contributed by atoms with Crippen LogP contribution in [0.4, 0.5) is 0 Å². The fourth-order valence-electron chi connectivity index (χ4n) is 3.68. The van der Waals surface area contributed by atoms with Crippen LogP contribution in [0.25, 0.3) is 11.0 Å². The molecule has 0 saturated heterocycles. The van der Waals surface area contributed by atoms with Crippen molar-refractivity contribution in [2.45, 2.75) is 46.2 Å². The summed E-state index contributed by atoms with van der Waals surface area (Å²) in [6, 6.07) is 22.2. The Morgan fingerprint density at radius 2 is 1.56 bits per heavy atom. The molecular formula is C26H28N4OS. The third-order valence-electron chi connectivity index (χ3n) is 5.47. The molecule has 5 nitrogen and oxygen atoms in total. The molecule has 0 radical (unpaired) electrons. The van der Waals surface area contributed by atoms with Crippen LogP contribution in [-0.4, -0.2) is 20.0 Å². The van der Waals surface area contributed by atoms with E-state index < -0.39 is 0 Å². The van der Waals surface area contributed by atoms with Crippen LogP contribution in [0, 0.1) is 0 Å². The summed E-state index contributed by atoms with van der Waals surface area (Å²) in [6.45, 7) is 9.22. The first-order chi connectivity index (χ1) is 15.4. The standard InChI is InChI=1S/C26H28N4OS/c1-17(2)21-8-7-9-22(18(3)4)25(21)31-20-14-12-19(13-15-20)26(32)27-16-30-24-11-6-5-10-23(24)28-29-30/h5-15,17-18H,16H2,1-4H3,(H,27,32). The first-order valence-electron chi connectivity index (χ1n) is 10.9. The molecule has 6 heteroatoms. The largest absolute Gasteiger partial charge is 0.457 e. The molecule has 0 fully saturated rings. The minimum absolute atomic E-state index is 0.382. The maximum absolute atomic E-state index is 6.38. The van der Waals surface area contributed by atoms with Crippen molar-refractivity contribution < 1.29 is 4.74 Å². The van der Waals surface area contributed by atoms with Crippen molar-refractivity contribution in [3.05, 3.63) is 83.4 Å². The summed E-state index contributed by atoms with van der Waals surface area (Å²) >= 11 is 5.59. The quantitative estimate of drug-likeness (QED) is 0.335. The van der Waals surface area contributed by atoms with E-state index in [9.17, 15) is 0 Å². The van der Waals surface area contributed by atoms with Crippen LogP contribution in [-0.2, 0) is 6.67 Å². The van der Waals surface area contributed by atoms with E-state index in [0.29, 0.717) is 23.5 Å². The number of nitrogens with zero attached hydrogens (tertiary/aromatic N) is 3. The van der Waals surface area contributed by atoms with Crippen LogP contribution in [0.2, 0.25) is 0 Å². The lowest BCUT2D eigenvalue weighted by atomic mass is 9.94. The maximum Gasteiger partial charge on any atom is 0.134 e. The van der Waals surface area contributed by atoms with E-state index >= 15 is 0 Å². The van der Waals surface area contributed by atoms with Gasteiger partial charge in [-0.3, -0.25) is 0 Å². The predicted molar refractivity (Wildman–Crippen MR) is 133 cm³/mol. The van der Waals surface area contributed by atoms with Gasteiger partial charge in [-0.25, -0.2) is 4.68 Å². The molecule has 0 aliphatic carbocycles. The number of ether oxygens (including phenoxy) is 1. The van der Waals surface area contributed by atoms with Crippen LogP contribution < -0.4 is 10.1 Å². The Labute approximate surface area is 194 Å². The van der Waals surface area contributed by atoms with Gasteiger partial charge in [-0.1, -0.05) is 75.5 Å². The lowest BCUT2D eigenvalue weighted by Crippen LogP contribution is -2.25. The second-order valence-electron chi connectivity index (χ2n) is 8.44. The van der Waals surface area contributed by atoms with Crippen LogP contribution >= 0.6 is 12.2 Å². The number of hydrogen-bond acceptors (Lipinski definition) is 4. The number of hydrogen-bond donors (Lipinski definition) is 1. The number of aromatic nitrogens is 3. The molecule has 0 spiro atoms. The van der Waals surface area contributed by atoms with Gasteiger partial charge in [-0.2, -0.15) is 0 Å². The highest BCUT2D eigenvalue weighted by Gasteiger charge is 2.16. The maximum atomic E-state index is 6.38. The Hall–Kier alpha value is -3.25. The molecular weight excluding hydrogens is 416 g/mol. The van der Waals surface area contributed by atoms with E-state index in [1.807, 2.05) is 48.5 Å². The minimum atomic E-state index is 0.382. The summed E-state index contributed by atoms with van der Waals surface area (Å²) in [5.74, 6) is 2.53. The van der Waals surface area contributed by atoms with Gasteiger partial charge in [0.25, 0.3) is 0 Å². The van der Waals surface area contributed by atoms with E-state index in [0.717, 1.165) is 28.1 Å². The predicted octanol–water partition coefficient (Wildman–Crippen LogP) is 6.39. The average Bonchev–Trinajstić information content (AvgIpc) is 3.21. The van der Waals surface area contributed by atoms with E-state index in [1.54, 1.807) is 4.68 Å². The summed E-state index contributed by atoms with van der Waals surface area (Å²) in [6.07, 6.45) is 0. The molecule has 4 rings (SSSR count). The molecule has 32 heavy (non-hydrogen) atoms. The van der Waals surface area contributed by atoms with Crippen LogP contribution in [0.5, 0.6) is 11.5 Å². The smallest absolute Gasteiger partial charge is 0.134 e. The lowest BCUT2D eigenvalue weighted by Gasteiger charge is -2.20. The Kier molecular flexibility index (Phi) is 6.51. The van der Waals surface area contributed by atoms with Gasteiger partial charge in [0, 0.05) is 5.56 Å². The fourth-order valence-corrected chi connectivity index (χ4v) is 3.88. The molecule has 1 N–H and O–H groups in total. The van der Waals surface area contributed by atoms with Crippen LogP contribution in [0.15, 0.2) is 66.7 Å². The molecule has 0 unspecified atom stereocenters. The van der Waals surface area contributed by atoms with Crippen molar-refractivity contribution in [1.82, 2.24) is 20.3 Å². The second-order valence-corrected chi connectivity index (χ2v) is 8.85. The SMILES string of the molecule is CC(C)c1cccc(C(C)C)c1Oc1ccc(C(=S)NCn2nnc3ccccc32)cc1. The summed E-state index contributed by atoms with van der Waals surface area (Å²) in [5.41, 5.74) is 5.20. The van der Waals surface area contributed by atoms with Crippen molar-refractivity contribution in [3.8, 4) is 11.5 Å². The zero-order valence-corrected chi connectivity index (χ0v) is 19.7. The van der Waals surface area contributed by atoms with Crippen molar-refractivity contribution in [2.75, 3.05) is 0 Å². The highest BCUT2D eigenvalue weighted by atomic mass is 32.1. The summed E-state index contributed by atoms with van der Waals surface area (Å²) in [7, 11) is 0. The van der Waals surface area contributed by atoms with Crippen molar-refractivity contribution in [1.29, 1.82) is 0 Å². The van der Waals surface area contributed by atoms with E-state index in [2.05, 4.69) is 61.5 Å². The second kappa shape index (κ2) is 9.49. The van der Waals surface area contributed by atoms with Gasteiger partial charge >= 0.3 is 0 Å². The van der Waals surface area contributed by atoms with Gasteiger partial charge in [-0.05, 0) is 59.4 Å². The summed E-state index contributed by atoms with van der Waals surface area (Å²) in [5, 5.41) is 11.6. The normalized spacial score (nSPS) is 11.3. The first kappa shape index (κ1) is 22.0. The number of rotatable bonds is 7. The summed E-state index contributed by atoms with van der Waals surface area (Å²) in [4.78, 5) is 0.654. The molecule has 0 amide bonds. The molecule has 0 bridgehead atoms. The molecule has 1 aromatic heterocycles. The van der Waals surface area contributed by atoms with E-state index in [-0.39, 0.29) is 0 Å². The van der Waals surface area contributed by atoms with Gasteiger partial charge in [0.05, 0.1) is 5.52 Å². The van der Waals surface area contributed by atoms with Crippen LogP contribution in [0.3, 0.4) is 0 Å². The molecule has 0 saturated carbocycles. The Morgan fingerprint density at radius 1 is 0.906 bits per heavy atom. The molecule has 1 heterocycles. The van der Waals surface area contributed by atoms with E-state index in [1.165, 1.54) is 11.1 Å². The monoisotopic (exact) mass is 444 g/mol. The van der Waals surface area contributed by atoms with Gasteiger partial charge in [0.2, 0.25) is 0 Å². The van der Waals surface area contributed by atoms with Crippen molar-refractivity contribution in [3.63, 3.8) is 0 Å². The third kappa shape index (κ3) is 4.65. The zero-order chi connectivity index (χ0) is 22.7. The number of benzene rings is 3. The Balaban J connectivity index is 1.47. The third-order valence-corrected chi connectivity index (χ3v) is 5.85. The van der Waals surface area contributed by atoms with Gasteiger partial charge in [0.1, 0.15) is 28.7 Å². The molecule has 0 aliphatic rings.